The summed E-state index contributed by atoms with van der Waals surface area (Å²) in [6, 6.07) is 22.2. The molecule has 0 unspecified atom stereocenters. The first-order valence-electron chi connectivity index (χ1n) is 8.92. The Morgan fingerprint density at radius 3 is 2.41 bits per heavy atom. The van der Waals surface area contributed by atoms with Crippen molar-refractivity contribution in [1.82, 2.24) is 4.98 Å². The lowest BCUT2D eigenvalue weighted by molar-refractivity contribution is 0.104. The van der Waals surface area contributed by atoms with Gasteiger partial charge in [0.1, 0.15) is 0 Å². The first kappa shape index (κ1) is 19.4. The highest BCUT2D eigenvalue weighted by molar-refractivity contribution is 9.10. The lowest BCUT2D eigenvalue weighted by Gasteiger charge is -2.11. The molecule has 4 aromatic rings. The van der Waals surface area contributed by atoms with E-state index in [-0.39, 0.29) is 11.3 Å². The third-order valence-corrected chi connectivity index (χ3v) is 5.35. The highest BCUT2D eigenvalue weighted by atomic mass is 79.9. The normalized spacial score (nSPS) is 11.2. The molecule has 0 amide bonds. The number of carbonyl (C=O) groups excluding carboxylic acids is 1. The number of halogens is 2. The Morgan fingerprint density at radius 2 is 1.69 bits per heavy atom. The molecule has 4 rings (SSSR count). The molecular weight excluding hydrogens is 450 g/mol. The zero-order valence-electron chi connectivity index (χ0n) is 15.2. The van der Waals surface area contributed by atoms with Crippen molar-refractivity contribution < 1.29 is 4.79 Å². The second-order valence-electron chi connectivity index (χ2n) is 6.51. The van der Waals surface area contributed by atoms with E-state index < -0.39 is 5.56 Å². The number of pyridine rings is 1. The average molecular weight is 465 g/mol. The van der Waals surface area contributed by atoms with Crippen molar-refractivity contribution in [3.8, 4) is 11.1 Å². The van der Waals surface area contributed by atoms with Gasteiger partial charge >= 0.3 is 0 Å². The number of aromatic nitrogens is 1. The molecule has 0 aliphatic rings. The van der Waals surface area contributed by atoms with E-state index in [2.05, 4.69) is 20.9 Å². The second-order valence-corrected chi connectivity index (χ2v) is 7.86. The molecule has 5 heteroatoms. The van der Waals surface area contributed by atoms with Crippen molar-refractivity contribution in [2.24, 2.45) is 0 Å². The molecule has 1 heterocycles. The van der Waals surface area contributed by atoms with Gasteiger partial charge in [0, 0.05) is 26.0 Å². The van der Waals surface area contributed by atoms with Gasteiger partial charge in [0.15, 0.2) is 5.78 Å². The standard InChI is InChI=1S/C24H15BrClNO2/c25-17-9-6-15(7-10-17)8-13-21(28)23-22(16-4-2-1-3-5-16)19-14-18(26)11-12-20(19)27-24(23)29/h1-14H,(H,27,29). The van der Waals surface area contributed by atoms with Crippen LogP contribution in [0.25, 0.3) is 28.1 Å². The van der Waals surface area contributed by atoms with Crippen LogP contribution in [-0.2, 0) is 0 Å². The van der Waals surface area contributed by atoms with Crippen LogP contribution in [0.15, 0.2) is 88.1 Å². The molecule has 0 bridgehead atoms. The number of carbonyl (C=O) groups is 1. The Labute approximate surface area is 180 Å². The Morgan fingerprint density at radius 1 is 0.966 bits per heavy atom. The van der Waals surface area contributed by atoms with E-state index in [1.54, 1.807) is 24.3 Å². The number of benzene rings is 3. The lowest BCUT2D eigenvalue weighted by Crippen LogP contribution is -2.18. The molecule has 3 nitrogen and oxygen atoms in total. The third-order valence-electron chi connectivity index (χ3n) is 4.58. The molecule has 3 aromatic carbocycles. The number of nitrogens with one attached hydrogen (secondary N) is 1. The van der Waals surface area contributed by atoms with Gasteiger partial charge in [-0.2, -0.15) is 0 Å². The first-order chi connectivity index (χ1) is 14.0. The summed E-state index contributed by atoms with van der Waals surface area (Å²) in [5.41, 5.74) is 2.53. The summed E-state index contributed by atoms with van der Waals surface area (Å²) in [5, 5.41) is 1.26. The third kappa shape index (κ3) is 4.09. The fraction of sp³-hybridized carbons (Fsp3) is 0. The highest BCUT2D eigenvalue weighted by Gasteiger charge is 2.19. The van der Waals surface area contributed by atoms with Gasteiger partial charge in [0.2, 0.25) is 0 Å². The molecule has 1 N–H and O–H groups in total. The van der Waals surface area contributed by atoms with E-state index in [9.17, 15) is 9.59 Å². The molecular formula is C24H15BrClNO2. The average Bonchev–Trinajstić information content (AvgIpc) is 2.73. The van der Waals surface area contributed by atoms with Gasteiger partial charge in [-0.05, 0) is 47.5 Å². The highest BCUT2D eigenvalue weighted by Crippen LogP contribution is 2.31. The van der Waals surface area contributed by atoms with Crippen molar-refractivity contribution in [2.75, 3.05) is 0 Å². The van der Waals surface area contributed by atoms with Crippen LogP contribution in [0.1, 0.15) is 15.9 Å². The Balaban J connectivity index is 1.91. The zero-order chi connectivity index (χ0) is 20.4. The van der Waals surface area contributed by atoms with Crippen molar-refractivity contribution in [2.45, 2.75) is 0 Å². The molecule has 0 atom stereocenters. The van der Waals surface area contributed by atoms with Crippen LogP contribution < -0.4 is 5.56 Å². The first-order valence-corrected chi connectivity index (χ1v) is 10.1. The van der Waals surface area contributed by atoms with E-state index in [0.717, 1.165) is 21.0 Å². The molecule has 29 heavy (non-hydrogen) atoms. The minimum absolute atomic E-state index is 0.0966. The minimum Gasteiger partial charge on any atom is -0.321 e. The van der Waals surface area contributed by atoms with Gasteiger partial charge in [-0.15, -0.1) is 0 Å². The lowest BCUT2D eigenvalue weighted by atomic mass is 9.94. The van der Waals surface area contributed by atoms with E-state index in [1.807, 2.05) is 54.6 Å². The van der Waals surface area contributed by atoms with E-state index >= 15 is 0 Å². The topological polar surface area (TPSA) is 49.9 Å². The van der Waals surface area contributed by atoms with Gasteiger partial charge in [0.25, 0.3) is 5.56 Å². The summed E-state index contributed by atoms with van der Waals surface area (Å²) in [4.78, 5) is 28.7. The largest absolute Gasteiger partial charge is 0.321 e. The van der Waals surface area contributed by atoms with Crippen LogP contribution >= 0.6 is 27.5 Å². The summed E-state index contributed by atoms with van der Waals surface area (Å²) in [7, 11) is 0. The molecule has 0 aliphatic carbocycles. The fourth-order valence-corrected chi connectivity index (χ4v) is 3.67. The van der Waals surface area contributed by atoms with Gasteiger partial charge in [-0.25, -0.2) is 0 Å². The van der Waals surface area contributed by atoms with Crippen LogP contribution in [0.3, 0.4) is 0 Å². The number of hydrogen-bond donors (Lipinski definition) is 1. The van der Waals surface area contributed by atoms with Crippen LogP contribution in [0, 0.1) is 0 Å². The summed E-state index contributed by atoms with van der Waals surface area (Å²) in [6.45, 7) is 0. The number of aromatic amines is 1. The molecule has 0 saturated heterocycles. The van der Waals surface area contributed by atoms with Crippen LogP contribution in [0.5, 0.6) is 0 Å². The van der Waals surface area contributed by atoms with Gasteiger partial charge in [-0.1, -0.05) is 76.1 Å². The monoisotopic (exact) mass is 463 g/mol. The smallest absolute Gasteiger partial charge is 0.260 e. The van der Waals surface area contributed by atoms with Crippen molar-refractivity contribution in [3.63, 3.8) is 0 Å². The summed E-state index contributed by atoms with van der Waals surface area (Å²) >= 11 is 9.60. The van der Waals surface area contributed by atoms with E-state index in [4.69, 9.17) is 11.6 Å². The maximum Gasteiger partial charge on any atom is 0.260 e. The molecule has 0 radical (unpaired) electrons. The summed E-state index contributed by atoms with van der Waals surface area (Å²) < 4.78 is 0.954. The number of hydrogen-bond acceptors (Lipinski definition) is 2. The quantitative estimate of drug-likeness (QED) is 0.276. The van der Waals surface area contributed by atoms with E-state index in [0.29, 0.717) is 16.1 Å². The molecule has 1 aromatic heterocycles. The van der Waals surface area contributed by atoms with Crippen LogP contribution in [0.4, 0.5) is 0 Å². The van der Waals surface area contributed by atoms with Crippen molar-refractivity contribution in [1.29, 1.82) is 0 Å². The molecule has 0 spiro atoms. The molecule has 142 valence electrons. The predicted octanol–water partition coefficient (Wildman–Crippen LogP) is 6.51. The maximum atomic E-state index is 13.1. The fourth-order valence-electron chi connectivity index (χ4n) is 3.23. The number of allylic oxidation sites excluding steroid dienone is 1. The predicted molar refractivity (Wildman–Crippen MR) is 123 cm³/mol. The second kappa shape index (κ2) is 8.19. The van der Waals surface area contributed by atoms with Gasteiger partial charge in [-0.3, -0.25) is 9.59 Å². The van der Waals surface area contributed by atoms with Crippen molar-refractivity contribution >= 4 is 50.3 Å². The Kier molecular flexibility index (Phi) is 5.47. The van der Waals surface area contributed by atoms with E-state index in [1.165, 1.54) is 6.08 Å². The number of fused-ring (bicyclic) bond motifs is 1. The molecule has 0 fully saturated rings. The zero-order valence-corrected chi connectivity index (χ0v) is 17.5. The Bertz CT molecular complexity index is 1290. The molecule has 0 aliphatic heterocycles. The number of H-pyrrole nitrogens is 1. The van der Waals surface area contributed by atoms with Crippen molar-refractivity contribution in [3.05, 3.63) is 110 Å². The number of rotatable bonds is 4. The maximum absolute atomic E-state index is 13.1. The summed E-state index contributed by atoms with van der Waals surface area (Å²) in [6.07, 6.45) is 3.13. The summed E-state index contributed by atoms with van der Waals surface area (Å²) in [5.74, 6) is -0.366. The number of ketones is 1. The Hall–Kier alpha value is -2.95. The van der Waals surface area contributed by atoms with Crippen LogP contribution in [-0.4, -0.2) is 10.8 Å². The SMILES string of the molecule is O=C(C=Cc1ccc(Br)cc1)c1c(-c2ccccc2)c2cc(Cl)ccc2[nH]c1=O. The minimum atomic E-state index is -0.427. The van der Waals surface area contributed by atoms with Gasteiger partial charge in [0.05, 0.1) is 5.56 Å². The van der Waals surface area contributed by atoms with Crippen LogP contribution in [0.2, 0.25) is 5.02 Å². The molecule has 0 saturated carbocycles. The van der Waals surface area contributed by atoms with Gasteiger partial charge < -0.3 is 4.98 Å².